The van der Waals surface area contributed by atoms with Gasteiger partial charge in [-0.25, -0.2) is 0 Å². The van der Waals surface area contributed by atoms with Crippen molar-refractivity contribution in [2.75, 3.05) is 33.3 Å². The first-order valence-corrected chi connectivity index (χ1v) is 8.07. The highest BCUT2D eigenvalue weighted by molar-refractivity contribution is 5.69. The van der Waals surface area contributed by atoms with Crippen LogP contribution in [0.15, 0.2) is 0 Å². The number of ether oxygens (including phenoxy) is 1. The SMILES string of the molecule is CCC1CC(NCCC(C)C)CN(CCC(=O)OC)C1. The fourth-order valence-corrected chi connectivity index (χ4v) is 2.86. The number of esters is 1. The molecule has 1 heterocycles. The molecule has 1 N–H and O–H groups in total. The number of hydrogen-bond donors (Lipinski definition) is 1. The van der Waals surface area contributed by atoms with Gasteiger partial charge in [0.05, 0.1) is 13.5 Å². The number of nitrogens with zero attached hydrogens (tertiary/aromatic N) is 1. The van der Waals surface area contributed by atoms with Gasteiger partial charge in [0, 0.05) is 25.7 Å². The van der Waals surface area contributed by atoms with Crippen LogP contribution < -0.4 is 5.32 Å². The molecule has 1 aliphatic heterocycles. The van der Waals surface area contributed by atoms with E-state index in [2.05, 4.69) is 31.0 Å². The summed E-state index contributed by atoms with van der Waals surface area (Å²) in [7, 11) is 1.46. The molecule has 1 saturated heterocycles. The average Bonchev–Trinajstić information content (AvgIpc) is 2.44. The second-order valence-corrected chi connectivity index (χ2v) is 6.43. The molecule has 1 rings (SSSR count). The van der Waals surface area contributed by atoms with Crippen LogP contribution in [0.2, 0.25) is 0 Å². The summed E-state index contributed by atoms with van der Waals surface area (Å²) in [5.74, 6) is 1.40. The predicted molar refractivity (Wildman–Crippen MR) is 82.7 cm³/mol. The summed E-state index contributed by atoms with van der Waals surface area (Å²) in [6, 6.07) is 0.574. The molecule has 0 bridgehead atoms. The second-order valence-electron chi connectivity index (χ2n) is 6.43. The van der Waals surface area contributed by atoms with Crippen molar-refractivity contribution < 1.29 is 9.53 Å². The van der Waals surface area contributed by atoms with E-state index < -0.39 is 0 Å². The van der Waals surface area contributed by atoms with E-state index in [-0.39, 0.29) is 5.97 Å². The number of carbonyl (C=O) groups excluding carboxylic acids is 1. The molecule has 20 heavy (non-hydrogen) atoms. The Balaban J connectivity index is 2.36. The van der Waals surface area contributed by atoms with Crippen LogP contribution in [0.25, 0.3) is 0 Å². The lowest BCUT2D eigenvalue weighted by Crippen LogP contribution is -2.49. The van der Waals surface area contributed by atoms with Gasteiger partial charge in [0.25, 0.3) is 0 Å². The maximum atomic E-state index is 11.3. The summed E-state index contributed by atoms with van der Waals surface area (Å²) < 4.78 is 4.73. The van der Waals surface area contributed by atoms with E-state index in [0.29, 0.717) is 12.5 Å². The minimum absolute atomic E-state index is 0.104. The highest BCUT2D eigenvalue weighted by atomic mass is 16.5. The van der Waals surface area contributed by atoms with Gasteiger partial charge >= 0.3 is 5.97 Å². The van der Waals surface area contributed by atoms with Gasteiger partial charge in [-0.1, -0.05) is 27.2 Å². The average molecular weight is 284 g/mol. The molecule has 0 amide bonds. The number of nitrogens with one attached hydrogen (secondary N) is 1. The van der Waals surface area contributed by atoms with Gasteiger partial charge in [0.1, 0.15) is 0 Å². The van der Waals surface area contributed by atoms with Crippen molar-refractivity contribution in [1.82, 2.24) is 10.2 Å². The Hall–Kier alpha value is -0.610. The van der Waals surface area contributed by atoms with Crippen LogP contribution in [0.3, 0.4) is 0 Å². The van der Waals surface area contributed by atoms with E-state index in [4.69, 9.17) is 4.74 Å². The lowest BCUT2D eigenvalue weighted by atomic mass is 9.92. The van der Waals surface area contributed by atoms with Crippen molar-refractivity contribution in [2.24, 2.45) is 11.8 Å². The number of methoxy groups -OCH3 is 1. The van der Waals surface area contributed by atoms with Gasteiger partial charge in [-0.3, -0.25) is 4.79 Å². The van der Waals surface area contributed by atoms with E-state index in [1.54, 1.807) is 0 Å². The van der Waals surface area contributed by atoms with Crippen molar-refractivity contribution in [3.05, 3.63) is 0 Å². The maximum Gasteiger partial charge on any atom is 0.306 e. The Bertz CT molecular complexity index is 282. The summed E-state index contributed by atoms with van der Waals surface area (Å²) in [4.78, 5) is 13.7. The van der Waals surface area contributed by atoms with Crippen LogP contribution in [0.5, 0.6) is 0 Å². The van der Waals surface area contributed by atoms with Crippen molar-refractivity contribution >= 4 is 5.97 Å². The summed E-state index contributed by atoms with van der Waals surface area (Å²) in [5.41, 5.74) is 0. The van der Waals surface area contributed by atoms with Crippen LogP contribution in [-0.4, -0.2) is 50.2 Å². The summed E-state index contributed by atoms with van der Waals surface area (Å²) in [6.45, 7) is 10.9. The van der Waals surface area contributed by atoms with Crippen molar-refractivity contribution in [1.29, 1.82) is 0 Å². The van der Waals surface area contributed by atoms with Gasteiger partial charge in [-0.15, -0.1) is 0 Å². The van der Waals surface area contributed by atoms with Gasteiger partial charge in [-0.2, -0.15) is 0 Å². The zero-order chi connectivity index (χ0) is 15.0. The fourth-order valence-electron chi connectivity index (χ4n) is 2.86. The Labute approximate surface area is 124 Å². The first kappa shape index (κ1) is 17.4. The molecule has 0 aromatic rings. The van der Waals surface area contributed by atoms with Crippen molar-refractivity contribution in [2.45, 2.75) is 52.5 Å². The molecular weight excluding hydrogens is 252 g/mol. The number of likely N-dealkylation sites (tertiary alicyclic amines) is 1. The number of rotatable bonds is 8. The standard InChI is InChI=1S/C16H32N2O2/c1-5-14-10-15(17-8-6-13(2)3)12-18(11-14)9-7-16(19)20-4/h13-15,17H,5-12H2,1-4H3. The molecule has 0 radical (unpaired) electrons. The highest BCUT2D eigenvalue weighted by Gasteiger charge is 2.26. The molecule has 0 saturated carbocycles. The monoisotopic (exact) mass is 284 g/mol. The Morgan fingerprint density at radius 2 is 2.15 bits per heavy atom. The summed E-state index contributed by atoms with van der Waals surface area (Å²) in [6.07, 6.45) is 4.22. The van der Waals surface area contributed by atoms with Crippen LogP contribution in [0, 0.1) is 11.8 Å². The zero-order valence-electron chi connectivity index (χ0n) is 13.7. The lowest BCUT2D eigenvalue weighted by Gasteiger charge is -2.38. The third-order valence-electron chi connectivity index (χ3n) is 4.20. The van der Waals surface area contributed by atoms with E-state index >= 15 is 0 Å². The second kappa shape index (κ2) is 9.35. The van der Waals surface area contributed by atoms with E-state index in [1.165, 1.54) is 26.4 Å². The van der Waals surface area contributed by atoms with Gasteiger partial charge in [0.15, 0.2) is 0 Å². The molecule has 0 aliphatic carbocycles. The lowest BCUT2D eigenvalue weighted by molar-refractivity contribution is -0.141. The molecule has 1 fully saturated rings. The van der Waals surface area contributed by atoms with Crippen LogP contribution >= 0.6 is 0 Å². The molecule has 1 aliphatic rings. The van der Waals surface area contributed by atoms with Gasteiger partial charge in [-0.05, 0) is 31.2 Å². The van der Waals surface area contributed by atoms with Crippen molar-refractivity contribution in [3.8, 4) is 0 Å². The fraction of sp³-hybridized carbons (Fsp3) is 0.938. The van der Waals surface area contributed by atoms with E-state index in [1.807, 2.05) is 0 Å². The van der Waals surface area contributed by atoms with E-state index in [0.717, 1.165) is 38.0 Å². The molecule has 118 valence electrons. The Morgan fingerprint density at radius 3 is 2.75 bits per heavy atom. The van der Waals surface area contributed by atoms with Crippen LogP contribution in [0.4, 0.5) is 0 Å². The Kier molecular flexibility index (Phi) is 8.15. The molecule has 2 atom stereocenters. The van der Waals surface area contributed by atoms with Gasteiger partial charge < -0.3 is 15.0 Å². The molecule has 0 aromatic heterocycles. The highest BCUT2D eigenvalue weighted by Crippen LogP contribution is 2.20. The number of carbonyl (C=O) groups is 1. The smallest absolute Gasteiger partial charge is 0.306 e. The van der Waals surface area contributed by atoms with Crippen LogP contribution in [-0.2, 0) is 9.53 Å². The molecular formula is C16H32N2O2. The summed E-state index contributed by atoms with van der Waals surface area (Å²) in [5, 5.41) is 3.69. The topological polar surface area (TPSA) is 41.6 Å². The third-order valence-corrected chi connectivity index (χ3v) is 4.20. The third kappa shape index (κ3) is 6.71. The number of hydrogen-bond acceptors (Lipinski definition) is 4. The van der Waals surface area contributed by atoms with Crippen LogP contribution in [0.1, 0.15) is 46.5 Å². The quantitative estimate of drug-likeness (QED) is 0.694. The largest absolute Gasteiger partial charge is 0.469 e. The molecule has 4 heteroatoms. The van der Waals surface area contributed by atoms with E-state index in [9.17, 15) is 4.79 Å². The molecule has 4 nitrogen and oxygen atoms in total. The molecule has 0 spiro atoms. The number of piperidine rings is 1. The predicted octanol–water partition coefficient (Wildman–Crippen LogP) is 2.29. The first-order chi connectivity index (χ1) is 9.55. The Morgan fingerprint density at radius 1 is 1.40 bits per heavy atom. The summed E-state index contributed by atoms with van der Waals surface area (Å²) >= 11 is 0. The normalized spacial score (nSPS) is 24.1. The molecule has 2 unspecified atom stereocenters. The minimum Gasteiger partial charge on any atom is -0.469 e. The first-order valence-electron chi connectivity index (χ1n) is 8.07. The maximum absolute atomic E-state index is 11.3. The van der Waals surface area contributed by atoms with Crippen molar-refractivity contribution in [3.63, 3.8) is 0 Å². The molecule has 0 aromatic carbocycles. The zero-order valence-corrected chi connectivity index (χ0v) is 13.7. The minimum atomic E-state index is -0.104. The van der Waals surface area contributed by atoms with Gasteiger partial charge in [0.2, 0.25) is 0 Å².